The minimum Gasteiger partial charge on any atom is -0.443 e. The second-order valence-corrected chi connectivity index (χ2v) is 7.28. The summed E-state index contributed by atoms with van der Waals surface area (Å²) < 4.78 is 5.47. The third-order valence-electron chi connectivity index (χ3n) is 4.30. The zero-order valence-corrected chi connectivity index (χ0v) is 14.4. The molecule has 1 N–H and O–H groups in total. The lowest BCUT2D eigenvalue weighted by Crippen LogP contribution is -2.34. The highest BCUT2D eigenvalue weighted by atomic mass is 35.5. The molecule has 1 aliphatic carbocycles. The molecule has 1 amide bonds. The van der Waals surface area contributed by atoms with E-state index < -0.39 is 5.41 Å². The number of carbonyl (C=O) groups is 1. The number of aromatic nitrogens is 1. The first-order valence-electron chi connectivity index (χ1n) is 7.70. The molecule has 1 aromatic carbocycles. The molecule has 2 heterocycles. The Labute approximate surface area is 148 Å². The Morgan fingerprint density at radius 3 is 2.75 bits per heavy atom. The molecule has 0 unspecified atom stereocenters. The molecule has 0 spiro atoms. The van der Waals surface area contributed by atoms with Gasteiger partial charge in [0.25, 0.3) is 0 Å². The number of hydrogen-bond acceptors (Lipinski definition) is 4. The molecule has 6 heteroatoms. The molecule has 0 bridgehead atoms. The Bertz CT molecular complexity index is 852. The molecule has 0 radical (unpaired) electrons. The molecule has 4 nitrogen and oxygen atoms in total. The van der Waals surface area contributed by atoms with Crippen LogP contribution in [0.2, 0.25) is 5.02 Å². The van der Waals surface area contributed by atoms with Crippen LogP contribution in [0.25, 0.3) is 10.8 Å². The van der Waals surface area contributed by atoms with Crippen LogP contribution in [0.3, 0.4) is 0 Å². The fourth-order valence-corrected chi connectivity index (χ4v) is 3.56. The van der Waals surface area contributed by atoms with Gasteiger partial charge in [-0.3, -0.25) is 4.79 Å². The first-order chi connectivity index (χ1) is 11.7. The minimum atomic E-state index is -0.412. The number of hydrogen-bond donors (Lipinski definition) is 1. The molecule has 2 aromatic heterocycles. The van der Waals surface area contributed by atoms with Crippen molar-refractivity contribution in [3.8, 4) is 10.8 Å². The third-order valence-corrected chi connectivity index (χ3v) is 5.41. The summed E-state index contributed by atoms with van der Waals surface area (Å²) in [6, 6.07) is 11.4. The summed E-state index contributed by atoms with van der Waals surface area (Å²) in [6.45, 7) is 0.364. The molecule has 0 saturated heterocycles. The lowest BCUT2D eigenvalue weighted by Gasteiger charge is -2.15. The van der Waals surface area contributed by atoms with Gasteiger partial charge in [-0.2, -0.15) is 0 Å². The van der Waals surface area contributed by atoms with Crippen molar-refractivity contribution in [2.45, 2.75) is 24.8 Å². The summed E-state index contributed by atoms with van der Waals surface area (Å²) in [6.07, 6.45) is 3.32. The van der Waals surface area contributed by atoms with Gasteiger partial charge in [0, 0.05) is 5.02 Å². The van der Waals surface area contributed by atoms with E-state index in [2.05, 4.69) is 10.3 Å². The quantitative estimate of drug-likeness (QED) is 0.735. The van der Waals surface area contributed by atoms with Gasteiger partial charge in [0.1, 0.15) is 6.26 Å². The Balaban J connectivity index is 1.43. The molecule has 1 fully saturated rings. The highest BCUT2D eigenvalue weighted by Crippen LogP contribution is 2.48. The van der Waals surface area contributed by atoms with Crippen LogP contribution in [0.4, 0.5) is 0 Å². The standard InChI is InChI=1S/C18H15ClN2O2S/c19-13-5-3-12(4-6-13)18(7-8-18)17(22)20-10-14-11-23-16(21-14)15-2-1-9-24-15/h1-6,9,11H,7-8,10H2,(H,20,22). The number of nitrogens with zero attached hydrogens (tertiary/aromatic N) is 1. The Morgan fingerprint density at radius 1 is 1.29 bits per heavy atom. The largest absolute Gasteiger partial charge is 0.443 e. The lowest BCUT2D eigenvalue weighted by atomic mass is 9.95. The van der Waals surface area contributed by atoms with Gasteiger partial charge in [-0.25, -0.2) is 4.98 Å². The molecular formula is C18H15ClN2O2S. The van der Waals surface area contributed by atoms with E-state index in [0.717, 1.165) is 29.0 Å². The van der Waals surface area contributed by atoms with E-state index in [4.69, 9.17) is 16.0 Å². The van der Waals surface area contributed by atoms with E-state index in [0.29, 0.717) is 17.5 Å². The third kappa shape index (κ3) is 2.85. The SMILES string of the molecule is O=C(NCc1coc(-c2cccs2)n1)C1(c2ccc(Cl)cc2)CC1. The van der Waals surface area contributed by atoms with Crippen LogP contribution in [0, 0.1) is 0 Å². The van der Waals surface area contributed by atoms with Gasteiger partial charge in [0.05, 0.1) is 22.5 Å². The number of halogens is 1. The molecule has 122 valence electrons. The van der Waals surface area contributed by atoms with Crippen LogP contribution < -0.4 is 5.32 Å². The molecule has 0 aliphatic heterocycles. The molecule has 1 aliphatic rings. The number of oxazole rings is 1. The van der Waals surface area contributed by atoms with Crippen LogP contribution in [-0.4, -0.2) is 10.9 Å². The summed E-state index contributed by atoms with van der Waals surface area (Å²) in [5.74, 6) is 0.624. The van der Waals surface area contributed by atoms with Gasteiger partial charge in [-0.15, -0.1) is 11.3 Å². The monoisotopic (exact) mass is 358 g/mol. The van der Waals surface area contributed by atoms with Crippen molar-refractivity contribution in [3.05, 3.63) is 64.3 Å². The summed E-state index contributed by atoms with van der Waals surface area (Å²) >= 11 is 7.50. The first kappa shape index (κ1) is 15.4. The maximum Gasteiger partial charge on any atom is 0.236 e. The minimum absolute atomic E-state index is 0.0329. The smallest absolute Gasteiger partial charge is 0.236 e. The molecule has 0 atom stereocenters. The van der Waals surface area contributed by atoms with E-state index in [9.17, 15) is 4.79 Å². The van der Waals surface area contributed by atoms with Crippen molar-refractivity contribution in [1.29, 1.82) is 0 Å². The van der Waals surface area contributed by atoms with Crippen molar-refractivity contribution in [2.75, 3.05) is 0 Å². The lowest BCUT2D eigenvalue weighted by molar-refractivity contribution is -0.123. The average Bonchev–Trinajstić information content (AvgIpc) is 3.00. The van der Waals surface area contributed by atoms with Gasteiger partial charge in [0.2, 0.25) is 11.8 Å². The number of amides is 1. The van der Waals surface area contributed by atoms with Gasteiger partial charge < -0.3 is 9.73 Å². The van der Waals surface area contributed by atoms with Crippen molar-refractivity contribution < 1.29 is 9.21 Å². The Morgan fingerprint density at radius 2 is 2.08 bits per heavy atom. The summed E-state index contributed by atoms with van der Waals surface area (Å²) in [7, 11) is 0. The molecule has 4 rings (SSSR count). The van der Waals surface area contributed by atoms with Crippen LogP contribution >= 0.6 is 22.9 Å². The van der Waals surface area contributed by atoms with Crippen LogP contribution in [0.5, 0.6) is 0 Å². The normalized spacial score (nSPS) is 15.2. The predicted octanol–water partition coefficient (Wildman–Crippen LogP) is 4.40. The number of benzene rings is 1. The molecule has 3 aromatic rings. The van der Waals surface area contributed by atoms with Crippen molar-refractivity contribution in [1.82, 2.24) is 10.3 Å². The fourth-order valence-electron chi connectivity index (χ4n) is 2.78. The molecule has 1 saturated carbocycles. The van der Waals surface area contributed by atoms with E-state index in [1.807, 2.05) is 41.8 Å². The maximum absolute atomic E-state index is 12.6. The van der Waals surface area contributed by atoms with E-state index in [1.54, 1.807) is 17.6 Å². The second-order valence-electron chi connectivity index (χ2n) is 5.89. The summed E-state index contributed by atoms with van der Waals surface area (Å²) in [5.41, 5.74) is 1.33. The number of thiophene rings is 1. The Hall–Kier alpha value is -2.11. The van der Waals surface area contributed by atoms with Gasteiger partial charge in [-0.1, -0.05) is 29.8 Å². The fraction of sp³-hybridized carbons (Fsp3) is 0.222. The van der Waals surface area contributed by atoms with Crippen molar-refractivity contribution >= 4 is 28.8 Å². The summed E-state index contributed by atoms with van der Waals surface area (Å²) in [4.78, 5) is 18.0. The highest BCUT2D eigenvalue weighted by Gasteiger charge is 2.51. The topological polar surface area (TPSA) is 55.1 Å². The Kier molecular flexibility index (Phi) is 3.90. The van der Waals surface area contributed by atoms with E-state index in [1.165, 1.54) is 0 Å². The highest BCUT2D eigenvalue weighted by molar-refractivity contribution is 7.13. The molecular weight excluding hydrogens is 344 g/mol. The van der Waals surface area contributed by atoms with Crippen molar-refractivity contribution in [3.63, 3.8) is 0 Å². The number of rotatable bonds is 5. The summed E-state index contributed by atoms with van der Waals surface area (Å²) in [5, 5.41) is 5.64. The maximum atomic E-state index is 12.6. The second kappa shape index (κ2) is 6.07. The predicted molar refractivity (Wildman–Crippen MR) is 94.0 cm³/mol. The first-order valence-corrected chi connectivity index (χ1v) is 8.96. The van der Waals surface area contributed by atoms with Gasteiger partial charge >= 0.3 is 0 Å². The molecule has 24 heavy (non-hydrogen) atoms. The van der Waals surface area contributed by atoms with Gasteiger partial charge in [-0.05, 0) is 42.0 Å². The van der Waals surface area contributed by atoms with Gasteiger partial charge in [0.15, 0.2) is 0 Å². The van der Waals surface area contributed by atoms with Crippen LogP contribution in [0.15, 0.2) is 52.5 Å². The number of carbonyl (C=O) groups excluding carboxylic acids is 1. The van der Waals surface area contributed by atoms with Crippen molar-refractivity contribution in [2.24, 2.45) is 0 Å². The van der Waals surface area contributed by atoms with Crippen LogP contribution in [-0.2, 0) is 16.8 Å². The van der Waals surface area contributed by atoms with E-state index >= 15 is 0 Å². The van der Waals surface area contributed by atoms with E-state index in [-0.39, 0.29) is 5.91 Å². The van der Waals surface area contributed by atoms with Crippen LogP contribution in [0.1, 0.15) is 24.1 Å². The average molecular weight is 359 g/mol. The zero-order chi connectivity index (χ0) is 16.6. The number of nitrogens with one attached hydrogen (secondary N) is 1. The zero-order valence-electron chi connectivity index (χ0n) is 12.8.